The first-order valence-corrected chi connectivity index (χ1v) is 11.4. The van der Waals surface area contributed by atoms with E-state index < -0.39 is 0 Å². The average Bonchev–Trinajstić information content (AvgIpc) is 3.27. The predicted octanol–water partition coefficient (Wildman–Crippen LogP) is 4.20. The van der Waals surface area contributed by atoms with Crippen LogP contribution in [0.25, 0.3) is 17.1 Å². The van der Waals surface area contributed by atoms with Gasteiger partial charge in [0.1, 0.15) is 11.5 Å². The summed E-state index contributed by atoms with van der Waals surface area (Å²) in [6.07, 6.45) is 1.47. The fraction of sp³-hybridized carbons (Fsp3) is 0.120. The fourth-order valence-corrected chi connectivity index (χ4v) is 3.91. The number of hydrogen-bond donors (Lipinski definition) is 2. The van der Waals surface area contributed by atoms with Crippen molar-refractivity contribution in [1.29, 1.82) is 0 Å². The second-order valence-corrected chi connectivity index (χ2v) is 8.32. The Balaban J connectivity index is 1.52. The zero-order valence-electron chi connectivity index (χ0n) is 18.7. The smallest absolute Gasteiger partial charge is 0.250 e. The monoisotopic (exact) mass is 473 g/mol. The van der Waals surface area contributed by atoms with Gasteiger partial charge in [-0.2, -0.15) is 5.10 Å². The number of rotatable bonds is 8. The number of carbonyl (C=O) groups is 1. The number of nitrogens with one attached hydrogen (secondary N) is 1. The number of phenols is 1. The number of aromatic hydroxyl groups is 1. The lowest BCUT2D eigenvalue weighted by Crippen LogP contribution is -2.20. The Hall–Kier alpha value is -4.11. The van der Waals surface area contributed by atoms with Crippen molar-refractivity contribution in [2.24, 2.45) is 5.10 Å². The third-order valence-electron chi connectivity index (χ3n) is 4.88. The Morgan fingerprint density at radius 3 is 2.59 bits per heavy atom. The Kier molecular flexibility index (Phi) is 7.24. The number of ether oxygens (including phenoxy) is 1. The molecule has 0 aliphatic heterocycles. The predicted molar refractivity (Wildman–Crippen MR) is 133 cm³/mol. The van der Waals surface area contributed by atoms with E-state index in [2.05, 4.69) is 20.7 Å². The minimum atomic E-state index is -0.289. The highest BCUT2D eigenvalue weighted by molar-refractivity contribution is 7.99. The maximum absolute atomic E-state index is 12.4. The van der Waals surface area contributed by atoms with Gasteiger partial charge in [-0.15, -0.1) is 10.2 Å². The van der Waals surface area contributed by atoms with Crippen LogP contribution >= 0.6 is 11.8 Å². The molecule has 0 saturated heterocycles. The molecule has 0 aliphatic carbocycles. The molecular weight excluding hydrogens is 450 g/mol. The van der Waals surface area contributed by atoms with Gasteiger partial charge in [-0.1, -0.05) is 53.7 Å². The third-order valence-corrected chi connectivity index (χ3v) is 5.81. The van der Waals surface area contributed by atoms with Crippen molar-refractivity contribution in [2.75, 3.05) is 12.9 Å². The molecule has 0 saturated carbocycles. The van der Waals surface area contributed by atoms with Gasteiger partial charge in [-0.05, 0) is 48.9 Å². The van der Waals surface area contributed by atoms with E-state index >= 15 is 0 Å². The van der Waals surface area contributed by atoms with Crippen LogP contribution < -0.4 is 10.2 Å². The third kappa shape index (κ3) is 5.62. The van der Waals surface area contributed by atoms with E-state index in [9.17, 15) is 9.90 Å². The molecule has 4 rings (SSSR count). The summed E-state index contributed by atoms with van der Waals surface area (Å²) in [5.74, 6) is 1.36. The topological polar surface area (TPSA) is 102 Å². The number of aromatic nitrogens is 3. The second-order valence-electron chi connectivity index (χ2n) is 7.38. The summed E-state index contributed by atoms with van der Waals surface area (Å²) in [4.78, 5) is 12.4. The number of phenolic OH excluding ortho intramolecular Hbond substituents is 1. The van der Waals surface area contributed by atoms with Gasteiger partial charge < -0.3 is 9.84 Å². The van der Waals surface area contributed by atoms with E-state index in [0.717, 1.165) is 22.6 Å². The highest BCUT2D eigenvalue weighted by atomic mass is 32.2. The van der Waals surface area contributed by atoms with Gasteiger partial charge in [0.25, 0.3) is 5.91 Å². The lowest BCUT2D eigenvalue weighted by atomic mass is 10.1. The van der Waals surface area contributed by atoms with Crippen LogP contribution in [0.2, 0.25) is 0 Å². The van der Waals surface area contributed by atoms with Crippen molar-refractivity contribution in [3.05, 3.63) is 83.9 Å². The summed E-state index contributed by atoms with van der Waals surface area (Å²) in [5.41, 5.74) is 6.09. The maximum Gasteiger partial charge on any atom is 0.250 e. The number of hydrogen-bond acceptors (Lipinski definition) is 7. The lowest BCUT2D eigenvalue weighted by molar-refractivity contribution is -0.118. The van der Waals surface area contributed by atoms with E-state index in [1.54, 1.807) is 31.4 Å². The first-order valence-electron chi connectivity index (χ1n) is 10.4. The average molecular weight is 474 g/mol. The minimum absolute atomic E-state index is 0.0968. The highest BCUT2D eigenvalue weighted by Crippen LogP contribution is 2.29. The van der Waals surface area contributed by atoms with Crippen LogP contribution in [0.15, 0.2) is 83.1 Å². The molecule has 4 aromatic rings. The van der Waals surface area contributed by atoms with E-state index in [4.69, 9.17) is 4.74 Å². The number of amides is 1. The van der Waals surface area contributed by atoms with E-state index in [1.807, 2.05) is 60.0 Å². The van der Waals surface area contributed by atoms with E-state index in [0.29, 0.717) is 16.5 Å². The van der Waals surface area contributed by atoms with E-state index in [-0.39, 0.29) is 17.4 Å². The van der Waals surface area contributed by atoms with Crippen molar-refractivity contribution in [3.8, 4) is 28.6 Å². The molecule has 1 aromatic heterocycles. The Labute approximate surface area is 201 Å². The lowest BCUT2D eigenvalue weighted by Gasteiger charge is -2.11. The Morgan fingerprint density at radius 1 is 1.12 bits per heavy atom. The van der Waals surface area contributed by atoms with Crippen LogP contribution in [-0.2, 0) is 4.79 Å². The van der Waals surface area contributed by atoms with Gasteiger partial charge >= 0.3 is 0 Å². The van der Waals surface area contributed by atoms with Crippen molar-refractivity contribution in [1.82, 2.24) is 20.2 Å². The van der Waals surface area contributed by atoms with Crippen LogP contribution in [0.4, 0.5) is 0 Å². The second kappa shape index (κ2) is 10.7. The molecule has 0 aliphatic rings. The quantitative estimate of drug-likeness (QED) is 0.226. The molecule has 1 heterocycles. The summed E-state index contributed by atoms with van der Waals surface area (Å²) in [6, 6.07) is 22.2. The molecule has 8 nitrogen and oxygen atoms in total. The van der Waals surface area contributed by atoms with Gasteiger partial charge in [-0.25, -0.2) is 5.43 Å². The number of benzene rings is 3. The molecule has 1 amide bonds. The zero-order chi connectivity index (χ0) is 23.9. The summed E-state index contributed by atoms with van der Waals surface area (Å²) in [6.45, 7) is 2.03. The number of nitrogens with zero attached hydrogens (tertiary/aromatic N) is 4. The largest absolute Gasteiger partial charge is 0.508 e. The fourth-order valence-electron chi connectivity index (χ4n) is 3.16. The molecule has 0 unspecified atom stereocenters. The Morgan fingerprint density at radius 2 is 1.88 bits per heavy atom. The standard InChI is InChI=1S/C25H23N5O3S/c1-17-6-8-19(9-7-17)24-28-29-25(30(24)20-10-12-22(33-2)13-11-20)34-16-23(32)27-26-15-18-4-3-5-21(31)14-18/h3-15,31H,16H2,1-2H3,(H,27,32)/b26-15-. The van der Waals surface area contributed by atoms with Crippen LogP contribution in [0.3, 0.4) is 0 Å². The highest BCUT2D eigenvalue weighted by Gasteiger charge is 2.17. The van der Waals surface area contributed by atoms with Crippen molar-refractivity contribution < 1.29 is 14.6 Å². The summed E-state index contributed by atoms with van der Waals surface area (Å²) in [5, 5.41) is 22.8. The van der Waals surface area contributed by atoms with Gasteiger partial charge in [0.05, 0.1) is 19.1 Å². The first-order chi connectivity index (χ1) is 16.5. The van der Waals surface area contributed by atoms with Gasteiger partial charge in [0, 0.05) is 11.3 Å². The molecule has 0 radical (unpaired) electrons. The molecule has 0 spiro atoms. The number of aryl methyl sites for hydroxylation is 1. The molecule has 172 valence electrons. The molecule has 0 fully saturated rings. The minimum Gasteiger partial charge on any atom is -0.508 e. The number of carbonyl (C=O) groups excluding carboxylic acids is 1. The molecule has 0 atom stereocenters. The van der Waals surface area contributed by atoms with Crippen LogP contribution in [0, 0.1) is 6.92 Å². The van der Waals surface area contributed by atoms with Crippen LogP contribution in [0.1, 0.15) is 11.1 Å². The number of methoxy groups -OCH3 is 1. The molecule has 3 aromatic carbocycles. The number of thioether (sulfide) groups is 1. The van der Waals surface area contributed by atoms with Crippen molar-refractivity contribution in [3.63, 3.8) is 0 Å². The SMILES string of the molecule is COc1ccc(-n2c(SCC(=O)N/N=C\c3cccc(O)c3)nnc2-c2ccc(C)cc2)cc1. The zero-order valence-corrected chi connectivity index (χ0v) is 19.5. The van der Waals surface area contributed by atoms with Crippen molar-refractivity contribution in [2.45, 2.75) is 12.1 Å². The van der Waals surface area contributed by atoms with Gasteiger partial charge in [0.15, 0.2) is 11.0 Å². The summed E-state index contributed by atoms with van der Waals surface area (Å²) in [7, 11) is 1.62. The normalized spacial score (nSPS) is 11.0. The molecule has 2 N–H and O–H groups in total. The molecule has 0 bridgehead atoms. The maximum atomic E-state index is 12.4. The molecule has 34 heavy (non-hydrogen) atoms. The number of hydrazone groups is 1. The summed E-state index contributed by atoms with van der Waals surface area (Å²) < 4.78 is 7.19. The van der Waals surface area contributed by atoms with Crippen molar-refractivity contribution >= 4 is 23.9 Å². The first kappa shape index (κ1) is 23.1. The Bertz CT molecular complexity index is 1300. The molecule has 9 heteroatoms. The van der Waals surface area contributed by atoms with Crippen LogP contribution in [-0.4, -0.2) is 44.9 Å². The van der Waals surface area contributed by atoms with E-state index in [1.165, 1.54) is 18.0 Å². The van der Waals surface area contributed by atoms with Gasteiger partial charge in [-0.3, -0.25) is 9.36 Å². The van der Waals surface area contributed by atoms with Gasteiger partial charge in [0.2, 0.25) is 0 Å². The molecular formula is C25H23N5O3S. The summed E-state index contributed by atoms with van der Waals surface area (Å²) >= 11 is 1.26. The van der Waals surface area contributed by atoms with Crippen LogP contribution in [0.5, 0.6) is 11.5 Å².